The summed E-state index contributed by atoms with van der Waals surface area (Å²) >= 11 is 3.68. The van der Waals surface area contributed by atoms with E-state index in [-0.39, 0.29) is 5.91 Å². The third-order valence-corrected chi connectivity index (χ3v) is 1.95. The number of thiol groups is 1. The normalized spacial score (nSPS) is 9.36. The van der Waals surface area contributed by atoms with E-state index in [1.807, 2.05) is 0 Å². The fourth-order valence-corrected chi connectivity index (χ4v) is 1.25. The van der Waals surface area contributed by atoms with Crippen LogP contribution in [0.1, 0.15) is 10.4 Å². The van der Waals surface area contributed by atoms with Gasteiger partial charge in [0.2, 0.25) is 0 Å². The molecule has 0 atom stereocenters. The van der Waals surface area contributed by atoms with Crippen molar-refractivity contribution >= 4 is 18.7 Å². The highest BCUT2D eigenvalue weighted by Gasteiger charge is 2.14. The highest BCUT2D eigenvalue weighted by Crippen LogP contribution is 2.30. The van der Waals surface area contributed by atoms with Gasteiger partial charge in [-0.3, -0.25) is 9.52 Å². The van der Waals surface area contributed by atoms with Crippen LogP contribution < -0.4 is 14.2 Å². The van der Waals surface area contributed by atoms with E-state index in [4.69, 9.17) is 9.47 Å². The monoisotopic (exact) mass is 213 g/mol. The van der Waals surface area contributed by atoms with Gasteiger partial charge in [-0.1, -0.05) is 18.9 Å². The maximum absolute atomic E-state index is 11.3. The fourth-order valence-electron chi connectivity index (χ4n) is 1.13. The number of nitrogens with one attached hydrogen (secondary N) is 1. The van der Waals surface area contributed by atoms with Gasteiger partial charge in [0.15, 0.2) is 11.5 Å². The van der Waals surface area contributed by atoms with Crippen molar-refractivity contribution in [1.82, 2.24) is 4.72 Å². The number of amides is 1. The van der Waals surface area contributed by atoms with Crippen molar-refractivity contribution in [2.75, 3.05) is 14.2 Å². The molecule has 76 valence electrons. The molecule has 0 bridgehead atoms. The Morgan fingerprint density at radius 2 is 2.07 bits per heavy atom. The summed E-state index contributed by atoms with van der Waals surface area (Å²) in [6, 6.07) is 5.06. The van der Waals surface area contributed by atoms with E-state index < -0.39 is 0 Å². The second-order valence-electron chi connectivity index (χ2n) is 2.48. The van der Waals surface area contributed by atoms with Crippen LogP contribution in [0.3, 0.4) is 0 Å². The summed E-state index contributed by atoms with van der Waals surface area (Å²) in [5.41, 5.74) is 0.391. The highest BCUT2D eigenvalue weighted by molar-refractivity contribution is 7.78. The smallest absolute Gasteiger partial charge is 0.264 e. The van der Waals surface area contributed by atoms with Gasteiger partial charge in [-0.05, 0) is 12.1 Å². The first-order valence-corrected chi connectivity index (χ1v) is 4.34. The Morgan fingerprint density at radius 3 is 2.57 bits per heavy atom. The van der Waals surface area contributed by atoms with Crippen LogP contribution in [-0.2, 0) is 0 Å². The van der Waals surface area contributed by atoms with Crippen molar-refractivity contribution < 1.29 is 14.3 Å². The van der Waals surface area contributed by atoms with Gasteiger partial charge < -0.3 is 9.47 Å². The Balaban J connectivity index is 3.21. The Bertz CT molecular complexity index is 341. The van der Waals surface area contributed by atoms with Crippen LogP contribution >= 0.6 is 12.8 Å². The van der Waals surface area contributed by atoms with Crippen molar-refractivity contribution in [2.24, 2.45) is 0 Å². The summed E-state index contributed by atoms with van der Waals surface area (Å²) in [5.74, 6) is 0.590. The van der Waals surface area contributed by atoms with Crippen molar-refractivity contribution in [3.63, 3.8) is 0 Å². The first kappa shape index (κ1) is 10.7. The molecule has 14 heavy (non-hydrogen) atoms. The minimum Gasteiger partial charge on any atom is -0.493 e. The second-order valence-corrected chi connectivity index (χ2v) is 2.71. The fraction of sp³-hybridized carbons (Fsp3) is 0.222. The predicted molar refractivity (Wildman–Crippen MR) is 56.0 cm³/mol. The average Bonchev–Trinajstić information content (AvgIpc) is 2.26. The van der Waals surface area contributed by atoms with Gasteiger partial charge in [-0.15, -0.1) is 0 Å². The minimum absolute atomic E-state index is 0.330. The van der Waals surface area contributed by atoms with E-state index in [1.165, 1.54) is 14.2 Å². The predicted octanol–water partition coefficient (Wildman–Crippen LogP) is 1.28. The van der Waals surface area contributed by atoms with Gasteiger partial charge in [0.25, 0.3) is 5.91 Å². The van der Waals surface area contributed by atoms with Crippen LogP contribution in [-0.4, -0.2) is 20.1 Å². The third kappa shape index (κ3) is 1.93. The molecule has 1 amide bonds. The molecule has 4 nitrogen and oxygen atoms in total. The van der Waals surface area contributed by atoms with Crippen LogP contribution in [0.5, 0.6) is 11.5 Å². The Hall–Kier alpha value is -1.36. The summed E-state index contributed by atoms with van der Waals surface area (Å²) in [4.78, 5) is 11.3. The molecular weight excluding hydrogens is 202 g/mol. The SMILES string of the molecule is COc1cccc(C(=O)NS)c1OC. The van der Waals surface area contributed by atoms with Crippen LogP contribution in [0.4, 0.5) is 0 Å². The number of hydrogen-bond donors (Lipinski definition) is 2. The molecule has 0 fully saturated rings. The lowest BCUT2D eigenvalue weighted by Crippen LogP contribution is -2.14. The van der Waals surface area contributed by atoms with Crippen molar-refractivity contribution in [2.45, 2.75) is 0 Å². The zero-order chi connectivity index (χ0) is 10.6. The van der Waals surface area contributed by atoms with Crippen LogP contribution in [0.25, 0.3) is 0 Å². The van der Waals surface area contributed by atoms with Crippen molar-refractivity contribution in [3.8, 4) is 11.5 Å². The molecule has 0 radical (unpaired) electrons. The zero-order valence-electron chi connectivity index (χ0n) is 7.90. The molecule has 5 heteroatoms. The average molecular weight is 213 g/mol. The number of carbonyl (C=O) groups is 1. The van der Waals surface area contributed by atoms with E-state index in [0.29, 0.717) is 17.1 Å². The largest absolute Gasteiger partial charge is 0.493 e. The van der Waals surface area contributed by atoms with Gasteiger partial charge in [0.1, 0.15) is 0 Å². The maximum Gasteiger partial charge on any atom is 0.264 e. The lowest BCUT2D eigenvalue weighted by Gasteiger charge is -2.10. The molecule has 1 N–H and O–H groups in total. The molecule has 0 aromatic heterocycles. The lowest BCUT2D eigenvalue weighted by atomic mass is 10.2. The number of hydrogen-bond acceptors (Lipinski definition) is 4. The first-order chi connectivity index (χ1) is 6.74. The number of rotatable bonds is 3. The number of carbonyl (C=O) groups excluding carboxylic acids is 1. The van der Waals surface area contributed by atoms with Crippen molar-refractivity contribution in [3.05, 3.63) is 23.8 Å². The zero-order valence-corrected chi connectivity index (χ0v) is 8.80. The molecule has 1 aromatic rings. The molecule has 0 aliphatic rings. The molecule has 1 aromatic carbocycles. The van der Waals surface area contributed by atoms with Gasteiger partial charge in [0.05, 0.1) is 19.8 Å². The van der Waals surface area contributed by atoms with E-state index in [1.54, 1.807) is 18.2 Å². The molecule has 0 heterocycles. The van der Waals surface area contributed by atoms with Gasteiger partial charge in [0, 0.05) is 0 Å². The maximum atomic E-state index is 11.3. The van der Waals surface area contributed by atoms with Crippen molar-refractivity contribution in [1.29, 1.82) is 0 Å². The summed E-state index contributed by atoms with van der Waals surface area (Å²) < 4.78 is 12.3. The summed E-state index contributed by atoms with van der Waals surface area (Å²) in [7, 11) is 2.99. The highest BCUT2D eigenvalue weighted by atomic mass is 32.1. The number of ether oxygens (including phenoxy) is 2. The van der Waals surface area contributed by atoms with E-state index >= 15 is 0 Å². The standard InChI is InChI=1S/C9H11NO3S/c1-12-7-5-3-4-6(8(7)13-2)9(11)10-14/h3-5,14H,1-2H3,(H,10,11). The molecule has 1 rings (SSSR count). The van der Waals surface area contributed by atoms with Crippen LogP contribution in [0.2, 0.25) is 0 Å². The Labute approximate surface area is 87.8 Å². The quantitative estimate of drug-likeness (QED) is 0.743. The number of methoxy groups -OCH3 is 2. The Kier molecular flexibility index (Phi) is 3.64. The summed E-state index contributed by atoms with van der Waals surface area (Å²) in [6.07, 6.45) is 0. The lowest BCUT2D eigenvalue weighted by molar-refractivity contribution is 0.0981. The third-order valence-electron chi connectivity index (χ3n) is 1.75. The number of para-hydroxylation sites is 1. The van der Waals surface area contributed by atoms with Gasteiger partial charge >= 0.3 is 0 Å². The minimum atomic E-state index is -0.330. The molecule has 0 unspecified atom stereocenters. The Morgan fingerprint density at radius 1 is 1.36 bits per heavy atom. The van der Waals surface area contributed by atoms with E-state index in [9.17, 15) is 4.79 Å². The van der Waals surface area contributed by atoms with Crippen LogP contribution in [0.15, 0.2) is 18.2 Å². The van der Waals surface area contributed by atoms with E-state index in [0.717, 1.165) is 0 Å². The van der Waals surface area contributed by atoms with E-state index in [2.05, 4.69) is 17.5 Å². The molecule has 0 saturated heterocycles. The summed E-state index contributed by atoms with van der Waals surface area (Å²) in [5, 5.41) is 0. The molecule has 0 aliphatic carbocycles. The molecule has 0 aliphatic heterocycles. The molecule has 0 saturated carbocycles. The van der Waals surface area contributed by atoms with Gasteiger partial charge in [-0.2, -0.15) is 0 Å². The summed E-state index contributed by atoms with van der Waals surface area (Å²) in [6.45, 7) is 0. The second kappa shape index (κ2) is 4.76. The number of benzene rings is 1. The topological polar surface area (TPSA) is 47.6 Å². The molecule has 0 spiro atoms. The van der Waals surface area contributed by atoms with Crippen LogP contribution in [0, 0.1) is 0 Å². The first-order valence-electron chi connectivity index (χ1n) is 3.90. The van der Waals surface area contributed by atoms with Gasteiger partial charge in [-0.25, -0.2) is 0 Å². The molecular formula is C9H11NO3S.